The molecule has 1 saturated carbocycles. The van der Waals surface area contributed by atoms with Crippen LogP contribution < -0.4 is 0 Å². The highest BCUT2D eigenvalue weighted by molar-refractivity contribution is 7.89. The van der Waals surface area contributed by atoms with Crippen LogP contribution in [0.4, 0.5) is 0 Å². The number of sulfonamides is 1. The maximum Gasteiger partial charge on any atom is 0.243 e. The molecule has 2 rings (SSSR count). The lowest BCUT2D eigenvalue weighted by Crippen LogP contribution is -2.41. The molecule has 0 unspecified atom stereocenters. The van der Waals surface area contributed by atoms with Crippen LogP contribution >= 0.6 is 0 Å². The maximum absolute atomic E-state index is 12.3. The van der Waals surface area contributed by atoms with Gasteiger partial charge in [-0.2, -0.15) is 4.31 Å². The molecule has 1 fully saturated rings. The SMILES string of the molecule is Cc1ccccc1S(=O)(=O)N(C)C1CCC1. The molecule has 0 heterocycles. The Morgan fingerprint density at radius 1 is 1.25 bits per heavy atom. The van der Waals surface area contributed by atoms with Crippen LogP contribution in [0.1, 0.15) is 24.8 Å². The van der Waals surface area contributed by atoms with Crippen molar-refractivity contribution in [3.05, 3.63) is 29.8 Å². The summed E-state index contributed by atoms with van der Waals surface area (Å²) in [4.78, 5) is 0.435. The quantitative estimate of drug-likeness (QED) is 0.810. The fourth-order valence-corrected chi connectivity index (χ4v) is 3.59. The summed E-state index contributed by atoms with van der Waals surface area (Å²) in [7, 11) is -1.61. The van der Waals surface area contributed by atoms with Gasteiger partial charge in [-0.15, -0.1) is 0 Å². The minimum Gasteiger partial charge on any atom is -0.207 e. The van der Waals surface area contributed by atoms with Gasteiger partial charge in [-0.1, -0.05) is 24.6 Å². The monoisotopic (exact) mass is 239 g/mol. The number of rotatable bonds is 3. The zero-order valence-corrected chi connectivity index (χ0v) is 10.5. The Balaban J connectivity index is 2.35. The molecule has 0 saturated heterocycles. The fraction of sp³-hybridized carbons (Fsp3) is 0.500. The molecule has 0 amide bonds. The van der Waals surface area contributed by atoms with Gasteiger partial charge in [0.15, 0.2) is 0 Å². The maximum atomic E-state index is 12.3. The molecule has 88 valence electrons. The van der Waals surface area contributed by atoms with Crippen LogP contribution in [0.3, 0.4) is 0 Å². The lowest BCUT2D eigenvalue weighted by atomic mass is 9.94. The zero-order chi connectivity index (χ0) is 11.8. The molecule has 0 bridgehead atoms. The molecule has 0 aromatic heterocycles. The first-order valence-corrected chi connectivity index (χ1v) is 7.01. The van der Waals surface area contributed by atoms with Crippen LogP contribution in [0.5, 0.6) is 0 Å². The summed E-state index contributed by atoms with van der Waals surface area (Å²) in [5.74, 6) is 0. The van der Waals surface area contributed by atoms with Gasteiger partial charge in [0.1, 0.15) is 0 Å². The summed E-state index contributed by atoms with van der Waals surface area (Å²) >= 11 is 0. The van der Waals surface area contributed by atoms with Crippen LogP contribution in [-0.4, -0.2) is 25.8 Å². The third-order valence-corrected chi connectivity index (χ3v) is 5.41. The Bertz CT molecular complexity index is 478. The summed E-state index contributed by atoms with van der Waals surface area (Å²) in [5.41, 5.74) is 0.814. The van der Waals surface area contributed by atoms with Crippen molar-refractivity contribution in [3.8, 4) is 0 Å². The molecule has 3 nitrogen and oxygen atoms in total. The van der Waals surface area contributed by atoms with E-state index in [0.717, 1.165) is 24.8 Å². The molecule has 4 heteroatoms. The number of hydrogen-bond donors (Lipinski definition) is 0. The van der Waals surface area contributed by atoms with E-state index in [1.807, 2.05) is 19.1 Å². The van der Waals surface area contributed by atoms with E-state index in [1.165, 1.54) is 4.31 Å². The minimum atomic E-state index is -3.30. The molecule has 0 N–H and O–H groups in total. The average Bonchev–Trinajstić information content (AvgIpc) is 2.15. The molecular weight excluding hydrogens is 222 g/mol. The second kappa shape index (κ2) is 4.18. The van der Waals surface area contributed by atoms with Crippen molar-refractivity contribution in [3.63, 3.8) is 0 Å². The molecule has 0 radical (unpaired) electrons. The molecule has 1 aliphatic rings. The number of aryl methyl sites for hydroxylation is 1. The van der Waals surface area contributed by atoms with Crippen LogP contribution in [-0.2, 0) is 10.0 Å². The summed E-state index contributed by atoms with van der Waals surface area (Å²) in [6, 6.07) is 7.35. The van der Waals surface area contributed by atoms with Gasteiger partial charge in [0.05, 0.1) is 4.90 Å². The lowest BCUT2D eigenvalue weighted by molar-refractivity contribution is 0.249. The molecule has 1 aromatic rings. The molecular formula is C12H17NO2S. The van der Waals surface area contributed by atoms with Crippen molar-refractivity contribution in [1.82, 2.24) is 4.31 Å². The van der Waals surface area contributed by atoms with Crippen molar-refractivity contribution in [1.29, 1.82) is 0 Å². The van der Waals surface area contributed by atoms with Gasteiger partial charge < -0.3 is 0 Å². The molecule has 0 aliphatic heterocycles. The fourth-order valence-electron chi connectivity index (χ4n) is 1.95. The number of benzene rings is 1. The Hall–Kier alpha value is -0.870. The largest absolute Gasteiger partial charge is 0.243 e. The van der Waals surface area contributed by atoms with E-state index in [0.29, 0.717) is 4.90 Å². The van der Waals surface area contributed by atoms with E-state index in [4.69, 9.17) is 0 Å². The van der Waals surface area contributed by atoms with Crippen LogP contribution in [0.25, 0.3) is 0 Å². The zero-order valence-electron chi connectivity index (χ0n) is 9.68. The van der Waals surface area contributed by atoms with Crippen LogP contribution in [0.15, 0.2) is 29.2 Å². The minimum absolute atomic E-state index is 0.199. The highest BCUT2D eigenvalue weighted by atomic mass is 32.2. The highest BCUT2D eigenvalue weighted by Gasteiger charge is 2.32. The van der Waals surface area contributed by atoms with Gasteiger partial charge in [-0.3, -0.25) is 0 Å². The first-order chi connectivity index (χ1) is 7.53. The van der Waals surface area contributed by atoms with Crippen LogP contribution in [0.2, 0.25) is 0 Å². The van der Waals surface area contributed by atoms with Gasteiger partial charge in [0.25, 0.3) is 0 Å². The van der Waals surface area contributed by atoms with Crippen molar-refractivity contribution >= 4 is 10.0 Å². The summed E-state index contributed by atoms with van der Waals surface area (Å²) in [6.07, 6.45) is 3.11. The van der Waals surface area contributed by atoms with Crippen molar-refractivity contribution in [2.45, 2.75) is 37.1 Å². The molecule has 0 atom stereocenters. The van der Waals surface area contributed by atoms with Crippen molar-refractivity contribution in [2.75, 3.05) is 7.05 Å². The van der Waals surface area contributed by atoms with E-state index in [-0.39, 0.29) is 6.04 Å². The van der Waals surface area contributed by atoms with Crippen molar-refractivity contribution in [2.24, 2.45) is 0 Å². The molecule has 0 spiro atoms. The van der Waals surface area contributed by atoms with E-state index in [2.05, 4.69) is 0 Å². The van der Waals surface area contributed by atoms with E-state index in [1.54, 1.807) is 19.2 Å². The first-order valence-electron chi connectivity index (χ1n) is 5.57. The highest BCUT2D eigenvalue weighted by Crippen LogP contribution is 2.29. The van der Waals surface area contributed by atoms with E-state index >= 15 is 0 Å². The summed E-state index contributed by atoms with van der Waals surface area (Å²) in [5, 5.41) is 0. The summed E-state index contributed by atoms with van der Waals surface area (Å²) in [6.45, 7) is 1.83. The third kappa shape index (κ3) is 1.87. The Morgan fingerprint density at radius 2 is 1.88 bits per heavy atom. The normalized spacial score (nSPS) is 17.4. The van der Waals surface area contributed by atoms with E-state index in [9.17, 15) is 8.42 Å². The first kappa shape index (κ1) is 11.6. The second-order valence-corrected chi connectivity index (χ2v) is 6.34. The van der Waals surface area contributed by atoms with Crippen LogP contribution in [0, 0.1) is 6.92 Å². The van der Waals surface area contributed by atoms with Crippen molar-refractivity contribution < 1.29 is 8.42 Å². The second-order valence-electron chi connectivity index (χ2n) is 4.37. The Labute approximate surface area is 97.1 Å². The standard InChI is InChI=1S/C12H17NO2S/c1-10-6-3-4-9-12(10)16(14,15)13(2)11-7-5-8-11/h3-4,6,9,11H,5,7-8H2,1-2H3. The van der Waals surface area contributed by atoms with Gasteiger partial charge in [0.2, 0.25) is 10.0 Å². The van der Waals surface area contributed by atoms with E-state index < -0.39 is 10.0 Å². The van der Waals surface area contributed by atoms with Gasteiger partial charge in [0, 0.05) is 13.1 Å². The van der Waals surface area contributed by atoms with Gasteiger partial charge in [-0.25, -0.2) is 8.42 Å². The molecule has 16 heavy (non-hydrogen) atoms. The molecule has 1 aromatic carbocycles. The number of nitrogens with zero attached hydrogens (tertiary/aromatic N) is 1. The average molecular weight is 239 g/mol. The van der Waals surface area contributed by atoms with Gasteiger partial charge >= 0.3 is 0 Å². The summed E-state index contributed by atoms with van der Waals surface area (Å²) < 4.78 is 26.2. The number of hydrogen-bond acceptors (Lipinski definition) is 2. The molecule has 1 aliphatic carbocycles. The lowest BCUT2D eigenvalue weighted by Gasteiger charge is -2.34. The predicted octanol–water partition coefficient (Wildman–Crippen LogP) is 2.17. The third-order valence-electron chi connectivity index (χ3n) is 3.34. The Kier molecular flexibility index (Phi) is 3.04. The predicted molar refractivity (Wildman–Crippen MR) is 63.8 cm³/mol. The van der Waals surface area contributed by atoms with Gasteiger partial charge in [-0.05, 0) is 31.4 Å². The topological polar surface area (TPSA) is 37.4 Å². The Morgan fingerprint density at radius 3 is 2.38 bits per heavy atom. The smallest absolute Gasteiger partial charge is 0.207 e.